The monoisotopic (exact) mass is 155 g/mol. The van der Waals surface area contributed by atoms with Gasteiger partial charge in [-0.05, 0) is 12.4 Å². The molecule has 1 rings (SSSR count). The third-order valence-electron chi connectivity index (χ3n) is 2.56. The van der Waals surface area contributed by atoms with E-state index in [-0.39, 0.29) is 0 Å². The minimum atomic E-state index is 0.591. The van der Waals surface area contributed by atoms with Gasteiger partial charge in [-0.25, -0.2) is 0 Å². The summed E-state index contributed by atoms with van der Waals surface area (Å²) in [5, 5.41) is 0.591. The normalized spacial score (nSPS) is 21.5. The van der Waals surface area contributed by atoms with Gasteiger partial charge < -0.3 is 9.55 Å². The standard InChI is InChI=1S/C8H18BNO/c1-8(5-4-6-8)9-10(2)7-11-3/h9H,4-7H2,1-3H3. The zero-order valence-corrected chi connectivity index (χ0v) is 7.89. The minimum absolute atomic E-state index is 0.591. The largest absolute Gasteiger partial charge is 0.370 e. The van der Waals surface area contributed by atoms with Crippen molar-refractivity contribution in [3.05, 3.63) is 0 Å². The van der Waals surface area contributed by atoms with Crippen molar-refractivity contribution < 1.29 is 4.74 Å². The van der Waals surface area contributed by atoms with E-state index in [1.807, 2.05) is 0 Å². The van der Waals surface area contributed by atoms with Crippen molar-refractivity contribution in [3.8, 4) is 0 Å². The van der Waals surface area contributed by atoms with Gasteiger partial charge in [0.05, 0.1) is 6.73 Å². The summed E-state index contributed by atoms with van der Waals surface area (Å²) in [6.07, 6.45) is 4.19. The lowest BCUT2D eigenvalue weighted by atomic mass is 9.50. The van der Waals surface area contributed by atoms with Crippen LogP contribution in [0.4, 0.5) is 0 Å². The molecule has 1 aliphatic carbocycles. The fourth-order valence-corrected chi connectivity index (χ4v) is 1.86. The van der Waals surface area contributed by atoms with Crippen LogP contribution >= 0.6 is 0 Å². The summed E-state index contributed by atoms with van der Waals surface area (Å²) in [6, 6.07) is 0. The Morgan fingerprint density at radius 3 is 2.55 bits per heavy atom. The van der Waals surface area contributed by atoms with E-state index >= 15 is 0 Å². The van der Waals surface area contributed by atoms with E-state index in [1.54, 1.807) is 7.11 Å². The Morgan fingerprint density at radius 1 is 1.55 bits per heavy atom. The van der Waals surface area contributed by atoms with Crippen molar-refractivity contribution in [1.29, 1.82) is 0 Å². The van der Waals surface area contributed by atoms with Crippen LogP contribution in [0.3, 0.4) is 0 Å². The second-order valence-electron chi connectivity index (χ2n) is 4.10. The first-order chi connectivity index (χ1) is 5.16. The predicted molar refractivity (Wildman–Crippen MR) is 49.0 cm³/mol. The minimum Gasteiger partial charge on any atom is -0.370 e. The Kier molecular flexibility index (Phi) is 2.96. The third kappa shape index (κ3) is 2.49. The summed E-state index contributed by atoms with van der Waals surface area (Å²) in [7, 11) is 5.05. The van der Waals surface area contributed by atoms with Crippen molar-refractivity contribution in [2.24, 2.45) is 0 Å². The van der Waals surface area contributed by atoms with Crippen molar-refractivity contribution in [1.82, 2.24) is 4.81 Å². The lowest BCUT2D eigenvalue weighted by Crippen LogP contribution is -2.37. The van der Waals surface area contributed by atoms with Gasteiger partial charge >= 0.3 is 0 Å². The maximum atomic E-state index is 5.04. The van der Waals surface area contributed by atoms with Crippen LogP contribution in [0, 0.1) is 0 Å². The molecule has 0 aliphatic heterocycles. The number of nitrogens with zero attached hydrogens (tertiary/aromatic N) is 1. The first-order valence-electron chi connectivity index (χ1n) is 4.34. The maximum absolute atomic E-state index is 5.04. The topological polar surface area (TPSA) is 12.5 Å². The van der Waals surface area contributed by atoms with Crippen LogP contribution < -0.4 is 0 Å². The molecule has 0 radical (unpaired) electrons. The summed E-state index contributed by atoms with van der Waals surface area (Å²) in [6.45, 7) is 3.12. The Hall–Kier alpha value is -0.0151. The molecule has 0 unspecified atom stereocenters. The molecule has 0 atom stereocenters. The van der Waals surface area contributed by atoms with Crippen LogP contribution in [0.25, 0.3) is 0 Å². The van der Waals surface area contributed by atoms with Gasteiger partial charge in [0.1, 0.15) is 0 Å². The number of methoxy groups -OCH3 is 1. The first kappa shape index (κ1) is 9.08. The molecule has 0 spiro atoms. The molecule has 1 aliphatic rings. The zero-order chi connectivity index (χ0) is 8.32. The van der Waals surface area contributed by atoms with Crippen LogP contribution in [-0.2, 0) is 4.74 Å². The Morgan fingerprint density at radius 2 is 2.18 bits per heavy atom. The molecule has 0 aromatic carbocycles. The maximum Gasteiger partial charge on any atom is 0.212 e. The van der Waals surface area contributed by atoms with Gasteiger partial charge in [-0.1, -0.05) is 26.2 Å². The molecule has 1 saturated carbocycles. The van der Waals surface area contributed by atoms with E-state index < -0.39 is 0 Å². The van der Waals surface area contributed by atoms with E-state index in [2.05, 4.69) is 18.8 Å². The SMILES string of the molecule is COCN(C)BC1(C)CCC1. The molecular weight excluding hydrogens is 137 g/mol. The van der Waals surface area contributed by atoms with E-state index in [1.165, 1.54) is 26.7 Å². The highest BCUT2D eigenvalue weighted by molar-refractivity contribution is 6.36. The molecule has 0 amide bonds. The van der Waals surface area contributed by atoms with E-state index in [0.717, 1.165) is 6.73 Å². The van der Waals surface area contributed by atoms with Gasteiger partial charge in [0.2, 0.25) is 7.41 Å². The third-order valence-corrected chi connectivity index (χ3v) is 2.56. The van der Waals surface area contributed by atoms with E-state index in [9.17, 15) is 0 Å². The van der Waals surface area contributed by atoms with Gasteiger partial charge in [0.15, 0.2) is 0 Å². The van der Waals surface area contributed by atoms with E-state index in [4.69, 9.17) is 4.74 Å². The summed E-state index contributed by atoms with van der Waals surface area (Å²) < 4.78 is 5.04. The van der Waals surface area contributed by atoms with Crippen molar-refractivity contribution >= 4 is 7.41 Å². The number of ether oxygens (including phenoxy) is 1. The Labute approximate surface area is 70.2 Å². The Balaban J connectivity index is 2.18. The molecule has 64 valence electrons. The fourth-order valence-electron chi connectivity index (χ4n) is 1.86. The molecule has 3 heteroatoms. The molecule has 0 bridgehead atoms. The van der Waals surface area contributed by atoms with Gasteiger partial charge in [-0.15, -0.1) is 0 Å². The van der Waals surface area contributed by atoms with Crippen LogP contribution in [0.15, 0.2) is 0 Å². The smallest absolute Gasteiger partial charge is 0.212 e. The second-order valence-corrected chi connectivity index (χ2v) is 4.10. The molecule has 2 nitrogen and oxygen atoms in total. The highest BCUT2D eigenvalue weighted by Crippen LogP contribution is 2.46. The van der Waals surface area contributed by atoms with Crippen LogP contribution in [0.2, 0.25) is 5.31 Å². The van der Waals surface area contributed by atoms with Gasteiger partial charge in [0.25, 0.3) is 0 Å². The van der Waals surface area contributed by atoms with Crippen molar-refractivity contribution in [3.63, 3.8) is 0 Å². The molecule has 0 heterocycles. The lowest BCUT2D eigenvalue weighted by Gasteiger charge is -2.40. The highest BCUT2D eigenvalue weighted by atomic mass is 16.5. The average Bonchev–Trinajstić information content (AvgIpc) is 1.85. The van der Waals surface area contributed by atoms with Gasteiger partial charge in [-0.3, -0.25) is 0 Å². The predicted octanol–water partition coefficient (Wildman–Crippen LogP) is 1.24. The average molecular weight is 155 g/mol. The van der Waals surface area contributed by atoms with Crippen LogP contribution in [0.5, 0.6) is 0 Å². The second kappa shape index (κ2) is 3.59. The van der Waals surface area contributed by atoms with Crippen molar-refractivity contribution in [2.75, 3.05) is 20.9 Å². The molecular formula is C8H18BNO. The van der Waals surface area contributed by atoms with E-state index in [0.29, 0.717) is 5.31 Å². The number of rotatable bonds is 4. The quantitative estimate of drug-likeness (QED) is 0.447. The molecule has 11 heavy (non-hydrogen) atoms. The summed E-state index contributed by atoms with van der Waals surface area (Å²) >= 11 is 0. The summed E-state index contributed by atoms with van der Waals surface area (Å²) in [5.74, 6) is 0. The fraction of sp³-hybridized carbons (Fsp3) is 1.00. The molecule has 0 aromatic rings. The lowest BCUT2D eigenvalue weighted by molar-refractivity contribution is 0.126. The van der Waals surface area contributed by atoms with Crippen LogP contribution in [0.1, 0.15) is 26.2 Å². The van der Waals surface area contributed by atoms with Gasteiger partial charge in [-0.2, -0.15) is 0 Å². The molecule has 1 fully saturated rings. The zero-order valence-electron chi connectivity index (χ0n) is 7.89. The van der Waals surface area contributed by atoms with Crippen molar-refractivity contribution in [2.45, 2.75) is 31.5 Å². The highest BCUT2D eigenvalue weighted by Gasteiger charge is 2.33. The number of hydrogen-bond donors (Lipinski definition) is 0. The number of hydrogen-bond acceptors (Lipinski definition) is 2. The first-order valence-corrected chi connectivity index (χ1v) is 4.34. The van der Waals surface area contributed by atoms with Crippen LogP contribution in [-0.4, -0.2) is 33.1 Å². The van der Waals surface area contributed by atoms with Gasteiger partial charge in [0, 0.05) is 7.11 Å². The molecule has 0 aromatic heterocycles. The molecule has 0 N–H and O–H groups in total. The summed E-state index contributed by atoms with van der Waals surface area (Å²) in [4.78, 5) is 2.25. The summed E-state index contributed by atoms with van der Waals surface area (Å²) in [5.41, 5.74) is 0. The molecule has 0 saturated heterocycles. The Bertz CT molecular complexity index is 125.